The Kier molecular flexibility index (Phi) is 4.72. The smallest absolute Gasteiger partial charge is 0.343 e. The zero-order chi connectivity index (χ0) is 24.3. The molecule has 7 nitrogen and oxygen atoms in total. The van der Waals surface area contributed by atoms with Gasteiger partial charge in [0.05, 0.1) is 34.7 Å². The first-order valence-corrected chi connectivity index (χ1v) is 11.6. The number of pyridine rings is 2. The number of para-hydroxylation sites is 1. The van der Waals surface area contributed by atoms with Gasteiger partial charge in [0.1, 0.15) is 6.61 Å². The van der Waals surface area contributed by atoms with Gasteiger partial charge in [0.15, 0.2) is 5.60 Å². The van der Waals surface area contributed by atoms with Crippen molar-refractivity contribution >= 4 is 28.8 Å². The van der Waals surface area contributed by atoms with Crippen LogP contribution in [0.5, 0.6) is 0 Å². The van der Waals surface area contributed by atoms with Gasteiger partial charge in [-0.05, 0) is 37.6 Å². The second kappa shape index (κ2) is 7.71. The number of aromatic nitrogens is 2. The normalized spacial score (nSPS) is 18.4. The summed E-state index contributed by atoms with van der Waals surface area (Å²) < 4.78 is 6.79. The molecule has 0 bridgehead atoms. The summed E-state index contributed by atoms with van der Waals surface area (Å²) in [6.07, 6.45) is 1.91. The summed E-state index contributed by atoms with van der Waals surface area (Å²) in [5.41, 5.74) is 4.36. The predicted octanol–water partition coefficient (Wildman–Crippen LogP) is 4.14. The molecule has 0 unspecified atom stereocenters. The fraction of sp³-hybridized carbons (Fsp3) is 0.214. The number of aryl methyl sites for hydroxylation is 1. The van der Waals surface area contributed by atoms with Crippen LogP contribution in [-0.2, 0) is 28.3 Å². The average Bonchev–Trinajstić information content (AvgIpc) is 3.23. The monoisotopic (exact) mass is 465 g/mol. The number of carbonyl (C=O) groups is 1. The van der Waals surface area contributed by atoms with Crippen LogP contribution in [0.3, 0.4) is 0 Å². The molecule has 2 aromatic heterocycles. The van der Waals surface area contributed by atoms with E-state index < -0.39 is 11.6 Å². The van der Waals surface area contributed by atoms with Crippen molar-refractivity contribution in [2.75, 3.05) is 0 Å². The van der Waals surface area contributed by atoms with Gasteiger partial charge in [0, 0.05) is 28.3 Å². The summed E-state index contributed by atoms with van der Waals surface area (Å²) in [5.74, 6) is -0.726. The lowest BCUT2D eigenvalue weighted by Crippen LogP contribution is -2.44. The highest BCUT2D eigenvalue weighted by Gasteiger charge is 2.45. The van der Waals surface area contributed by atoms with Crippen LogP contribution in [0.1, 0.15) is 41.2 Å². The van der Waals surface area contributed by atoms with Crippen LogP contribution in [-0.4, -0.2) is 26.8 Å². The van der Waals surface area contributed by atoms with Gasteiger partial charge < -0.3 is 14.4 Å². The number of ether oxygens (including phenoxy) is 1. The van der Waals surface area contributed by atoms with Crippen LogP contribution in [0.25, 0.3) is 22.3 Å². The van der Waals surface area contributed by atoms with E-state index in [-0.39, 0.29) is 18.6 Å². The quantitative estimate of drug-likeness (QED) is 0.319. The molecule has 174 valence electrons. The molecule has 0 fully saturated rings. The third kappa shape index (κ3) is 3.23. The zero-order valence-corrected chi connectivity index (χ0v) is 19.4. The predicted molar refractivity (Wildman–Crippen MR) is 133 cm³/mol. The summed E-state index contributed by atoms with van der Waals surface area (Å²) in [6, 6.07) is 17.7. The lowest BCUT2D eigenvalue weighted by molar-refractivity contribution is -0.172. The summed E-state index contributed by atoms with van der Waals surface area (Å²) >= 11 is 0. The highest BCUT2D eigenvalue weighted by Crippen LogP contribution is 2.38. The summed E-state index contributed by atoms with van der Waals surface area (Å²) in [4.78, 5) is 35.3. The van der Waals surface area contributed by atoms with Crippen molar-refractivity contribution < 1.29 is 14.6 Å². The van der Waals surface area contributed by atoms with Crippen molar-refractivity contribution in [3.8, 4) is 11.4 Å². The maximum atomic E-state index is 13.3. The summed E-state index contributed by atoms with van der Waals surface area (Å²) in [7, 11) is 0. The standard InChI is InChI=1S/C28H23N3O4/c1-3-28(34)22-12-23-25-19(14-31(23)26(32)21(22)15-35-27(28)33)11-17-5-4-6-18(24(17)30-25)13-29-20-9-7-16(2)8-10-20/h4-13,34H,3,14-15H2,1-2H3/t28-/m0/s1. The Morgan fingerprint density at radius 2 is 1.97 bits per heavy atom. The number of fused-ring (bicyclic) bond motifs is 5. The summed E-state index contributed by atoms with van der Waals surface area (Å²) in [6.45, 7) is 3.97. The molecule has 1 atom stereocenters. The van der Waals surface area contributed by atoms with Gasteiger partial charge in [0.25, 0.3) is 5.56 Å². The average molecular weight is 466 g/mol. The van der Waals surface area contributed by atoms with Gasteiger partial charge >= 0.3 is 5.97 Å². The van der Waals surface area contributed by atoms with Crippen LogP contribution < -0.4 is 5.56 Å². The van der Waals surface area contributed by atoms with Crippen LogP contribution in [0, 0.1) is 6.92 Å². The molecule has 0 saturated heterocycles. The molecule has 6 rings (SSSR count). The topological polar surface area (TPSA) is 93.8 Å². The summed E-state index contributed by atoms with van der Waals surface area (Å²) in [5, 5.41) is 12.0. The van der Waals surface area contributed by atoms with E-state index in [9.17, 15) is 14.7 Å². The number of aliphatic imine (C=N–C) groups is 1. The van der Waals surface area contributed by atoms with Crippen molar-refractivity contribution in [1.82, 2.24) is 9.55 Å². The van der Waals surface area contributed by atoms with Gasteiger partial charge in [-0.25, -0.2) is 9.78 Å². The fourth-order valence-electron chi connectivity index (χ4n) is 4.91. The molecule has 2 aliphatic rings. The van der Waals surface area contributed by atoms with E-state index in [1.807, 2.05) is 55.5 Å². The Morgan fingerprint density at radius 1 is 1.17 bits per heavy atom. The number of aliphatic hydroxyl groups is 1. The number of benzene rings is 2. The van der Waals surface area contributed by atoms with Crippen molar-refractivity contribution in [1.29, 1.82) is 0 Å². The lowest BCUT2D eigenvalue weighted by Gasteiger charge is -2.31. The van der Waals surface area contributed by atoms with E-state index >= 15 is 0 Å². The van der Waals surface area contributed by atoms with Crippen molar-refractivity contribution in [3.63, 3.8) is 0 Å². The van der Waals surface area contributed by atoms with Gasteiger partial charge in [0.2, 0.25) is 0 Å². The third-order valence-electron chi connectivity index (χ3n) is 6.96. The Bertz CT molecular complexity index is 1620. The Hall–Kier alpha value is -4.10. The molecule has 0 saturated carbocycles. The molecular formula is C28H23N3O4. The number of hydrogen-bond acceptors (Lipinski definition) is 6. The molecule has 2 aromatic carbocycles. The van der Waals surface area contributed by atoms with Crippen molar-refractivity contribution in [2.45, 2.75) is 39.0 Å². The SMILES string of the molecule is CC[C@@]1(O)C(=O)OCc2c1cc1n(c2=O)Cc2cc3cccc(C=Nc4ccc(C)cc4)c3nc2-1. The number of cyclic esters (lactones) is 1. The number of hydrogen-bond donors (Lipinski definition) is 1. The zero-order valence-electron chi connectivity index (χ0n) is 19.4. The molecule has 0 radical (unpaired) electrons. The lowest BCUT2D eigenvalue weighted by atomic mass is 9.86. The first-order valence-electron chi connectivity index (χ1n) is 11.6. The molecular weight excluding hydrogens is 442 g/mol. The maximum absolute atomic E-state index is 13.3. The minimum absolute atomic E-state index is 0.110. The first-order chi connectivity index (χ1) is 16.9. The third-order valence-corrected chi connectivity index (χ3v) is 6.96. The highest BCUT2D eigenvalue weighted by atomic mass is 16.6. The molecule has 1 N–H and O–H groups in total. The molecule has 7 heteroatoms. The van der Waals surface area contributed by atoms with Crippen molar-refractivity contribution in [3.05, 3.63) is 92.8 Å². The largest absolute Gasteiger partial charge is 0.458 e. The van der Waals surface area contributed by atoms with Gasteiger partial charge in [-0.15, -0.1) is 0 Å². The van der Waals surface area contributed by atoms with Gasteiger partial charge in [-0.1, -0.05) is 42.8 Å². The van der Waals surface area contributed by atoms with E-state index in [1.165, 1.54) is 5.56 Å². The van der Waals surface area contributed by atoms with Crippen LogP contribution >= 0.6 is 0 Å². The Balaban J connectivity index is 1.51. The van der Waals surface area contributed by atoms with Crippen LogP contribution in [0.2, 0.25) is 0 Å². The van der Waals surface area contributed by atoms with E-state index in [0.29, 0.717) is 29.1 Å². The van der Waals surface area contributed by atoms with E-state index in [1.54, 1.807) is 23.8 Å². The molecule has 0 amide bonds. The molecule has 0 aliphatic carbocycles. The second-order valence-electron chi connectivity index (χ2n) is 9.11. The van der Waals surface area contributed by atoms with Crippen molar-refractivity contribution in [2.24, 2.45) is 4.99 Å². The van der Waals surface area contributed by atoms with Gasteiger partial charge in [-0.2, -0.15) is 0 Å². The number of nitrogens with zero attached hydrogens (tertiary/aromatic N) is 3. The number of carbonyl (C=O) groups excluding carboxylic acids is 1. The van der Waals surface area contributed by atoms with E-state index in [4.69, 9.17) is 9.72 Å². The maximum Gasteiger partial charge on any atom is 0.343 e. The number of esters is 1. The molecule has 4 heterocycles. The first kappa shape index (κ1) is 21.4. The van der Waals surface area contributed by atoms with Crippen LogP contribution in [0.4, 0.5) is 5.69 Å². The molecule has 0 spiro atoms. The molecule has 35 heavy (non-hydrogen) atoms. The van der Waals surface area contributed by atoms with Gasteiger partial charge in [-0.3, -0.25) is 9.79 Å². The Labute approximate surface area is 201 Å². The van der Waals surface area contributed by atoms with E-state index in [0.717, 1.165) is 27.7 Å². The highest BCUT2D eigenvalue weighted by molar-refractivity contribution is 5.99. The molecule has 2 aliphatic heterocycles. The molecule has 4 aromatic rings. The Morgan fingerprint density at radius 3 is 2.74 bits per heavy atom. The minimum atomic E-state index is -1.84. The van der Waals surface area contributed by atoms with Crippen LogP contribution in [0.15, 0.2) is 64.4 Å². The van der Waals surface area contributed by atoms with E-state index in [2.05, 4.69) is 4.99 Å². The minimum Gasteiger partial charge on any atom is -0.458 e. The second-order valence-corrected chi connectivity index (χ2v) is 9.11. The number of rotatable bonds is 3. The fourth-order valence-corrected chi connectivity index (χ4v) is 4.91.